The van der Waals surface area contributed by atoms with Gasteiger partial charge in [-0.2, -0.15) is 4.39 Å². The maximum Gasteiger partial charge on any atom is 0.203 e. The molecular weight excluding hydrogens is 253 g/mol. The molecular formula is C15H21F3O. The topological polar surface area (TPSA) is 9.23 Å². The number of hydrogen-bond donors (Lipinski definition) is 0. The molecule has 0 aliphatic rings. The monoisotopic (exact) mass is 274 g/mol. The maximum absolute atomic E-state index is 13.2. The van der Waals surface area contributed by atoms with Gasteiger partial charge in [-0.15, -0.1) is 0 Å². The average Bonchev–Trinajstić information content (AvgIpc) is 2.40. The summed E-state index contributed by atoms with van der Waals surface area (Å²) >= 11 is 0. The molecule has 0 radical (unpaired) electrons. The fourth-order valence-electron chi connectivity index (χ4n) is 1.87. The van der Waals surface area contributed by atoms with E-state index in [0.29, 0.717) is 0 Å². The lowest BCUT2D eigenvalue weighted by Gasteiger charge is -2.08. The van der Waals surface area contributed by atoms with Gasteiger partial charge in [0.2, 0.25) is 5.82 Å². The molecule has 0 saturated carbocycles. The fraction of sp³-hybridized carbons (Fsp3) is 0.600. The summed E-state index contributed by atoms with van der Waals surface area (Å²) in [6, 6.07) is 1.63. The van der Waals surface area contributed by atoms with Gasteiger partial charge < -0.3 is 4.74 Å². The highest BCUT2D eigenvalue weighted by atomic mass is 19.2. The van der Waals surface area contributed by atoms with Crippen molar-refractivity contribution in [1.29, 1.82) is 0 Å². The molecule has 0 N–H and O–H groups in total. The first-order valence-corrected chi connectivity index (χ1v) is 6.93. The van der Waals surface area contributed by atoms with Gasteiger partial charge in [-0.05, 0) is 18.6 Å². The number of benzene rings is 1. The van der Waals surface area contributed by atoms with E-state index in [9.17, 15) is 13.2 Å². The smallest absolute Gasteiger partial charge is 0.203 e. The standard InChI is InChI=1S/C15H21F3O/c1-2-3-4-5-6-7-8-11-19-15-13(17)10-9-12(16)14(15)18/h9-10H,2-8,11H2,1H3. The SMILES string of the molecule is CCCCCCCCCOc1c(F)ccc(F)c1F. The zero-order valence-corrected chi connectivity index (χ0v) is 11.4. The van der Waals surface area contributed by atoms with E-state index in [-0.39, 0.29) is 6.61 Å². The summed E-state index contributed by atoms with van der Waals surface area (Å²) in [5.74, 6) is -3.80. The van der Waals surface area contributed by atoms with E-state index in [1.807, 2.05) is 0 Å². The number of hydrogen-bond acceptors (Lipinski definition) is 1. The second-order valence-electron chi connectivity index (χ2n) is 4.64. The van der Waals surface area contributed by atoms with Gasteiger partial charge in [0.1, 0.15) is 0 Å². The van der Waals surface area contributed by atoms with Gasteiger partial charge in [-0.3, -0.25) is 0 Å². The summed E-state index contributed by atoms with van der Waals surface area (Å²) < 4.78 is 44.3. The second kappa shape index (κ2) is 8.83. The summed E-state index contributed by atoms with van der Waals surface area (Å²) in [4.78, 5) is 0. The summed E-state index contributed by atoms with van der Waals surface area (Å²) in [6.07, 6.45) is 7.64. The van der Waals surface area contributed by atoms with Crippen molar-refractivity contribution in [2.75, 3.05) is 6.61 Å². The third-order valence-electron chi connectivity index (χ3n) is 3.00. The molecule has 1 nitrogen and oxygen atoms in total. The van der Waals surface area contributed by atoms with E-state index < -0.39 is 23.2 Å². The Morgan fingerprint density at radius 1 is 0.842 bits per heavy atom. The van der Waals surface area contributed by atoms with Gasteiger partial charge in [-0.25, -0.2) is 8.78 Å². The van der Waals surface area contributed by atoms with Crippen LogP contribution in [-0.2, 0) is 0 Å². The van der Waals surface area contributed by atoms with Crippen molar-refractivity contribution in [3.8, 4) is 5.75 Å². The van der Waals surface area contributed by atoms with Gasteiger partial charge >= 0.3 is 0 Å². The molecule has 19 heavy (non-hydrogen) atoms. The molecule has 0 heterocycles. The minimum absolute atomic E-state index is 0.213. The second-order valence-corrected chi connectivity index (χ2v) is 4.64. The predicted octanol–water partition coefficient (Wildman–Crippen LogP) is 5.23. The zero-order valence-electron chi connectivity index (χ0n) is 11.4. The van der Waals surface area contributed by atoms with Crippen LogP contribution in [0.15, 0.2) is 12.1 Å². The number of ether oxygens (including phenoxy) is 1. The third kappa shape index (κ3) is 5.53. The van der Waals surface area contributed by atoms with Crippen LogP contribution in [-0.4, -0.2) is 6.61 Å². The normalized spacial score (nSPS) is 10.7. The van der Waals surface area contributed by atoms with Crippen LogP contribution in [0.25, 0.3) is 0 Å². The van der Waals surface area contributed by atoms with E-state index in [1.54, 1.807) is 0 Å². The van der Waals surface area contributed by atoms with Crippen molar-refractivity contribution < 1.29 is 17.9 Å². The van der Waals surface area contributed by atoms with Crippen molar-refractivity contribution in [3.05, 3.63) is 29.6 Å². The minimum atomic E-state index is -1.25. The zero-order chi connectivity index (χ0) is 14.1. The predicted molar refractivity (Wildman–Crippen MR) is 69.8 cm³/mol. The Balaban J connectivity index is 2.21. The van der Waals surface area contributed by atoms with Crippen molar-refractivity contribution in [1.82, 2.24) is 0 Å². The van der Waals surface area contributed by atoms with Crippen molar-refractivity contribution in [2.45, 2.75) is 51.9 Å². The van der Waals surface area contributed by atoms with Crippen LogP contribution in [0.5, 0.6) is 5.75 Å². The molecule has 0 spiro atoms. The van der Waals surface area contributed by atoms with Crippen LogP contribution in [0.2, 0.25) is 0 Å². The highest BCUT2D eigenvalue weighted by Crippen LogP contribution is 2.23. The van der Waals surface area contributed by atoms with Crippen molar-refractivity contribution in [3.63, 3.8) is 0 Å². The summed E-state index contributed by atoms with van der Waals surface area (Å²) in [5.41, 5.74) is 0. The van der Waals surface area contributed by atoms with Gasteiger partial charge in [0.05, 0.1) is 6.61 Å². The fourth-order valence-corrected chi connectivity index (χ4v) is 1.87. The van der Waals surface area contributed by atoms with Gasteiger partial charge in [0, 0.05) is 0 Å². The average molecular weight is 274 g/mol. The molecule has 0 saturated heterocycles. The molecule has 0 amide bonds. The molecule has 0 aliphatic carbocycles. The van der Waals surface area contributed by atoms with Gasteiger partial charge in [0.15, 0.2) is 17.4 Å². The Kier molecular flexibility index (Phi) is 7.38. The van der Waals surface area contributed by atoms with Crippen LogP contribution in [0, 0.1) is 17.5 Å². The van der Waals surface area contributed by atoms with E-state index in [1.165, 1.54) is 25.7 Å². The van der Waals surface area contributed by atoms with E-state index in [2.05, 4.69) is 6.92 Å². The molecule has 0 aliphatic heterocycles. The van der Waals surface area contributed by atoms with Crippen LogP contribution in [0.1, 0.15) is 51.9 Å². The first-order chi connectivity index (χ1) is 9.16. The number of rotatable bonds is 9. The molecule has 4 heteroatoms. The van der Waals surface area contributed by atoms with Gasteiger partial charge in [0.25, 0.3) is 0 Å². The van der Waals surface area contributed by atoms with E-state index >= 15 is 0 Å². The Morgan fingerprint density at radius 3 is 2.11 bits per heavy atom. The highest BCUT2D eigenvalue weighted by Gasteiger charge is 2.14. The molecule has 0 bridgehead atoms. The third-order valence-corrected chi connectivity index (χ3v) is 3.00. The van der Waals surface area contributed by atoms with E-state index in [4.69, 9.17) is 4.74 Å². The van der Waals surface area contributed by atoms with Crippen LogP contribution in [0.3, 0.4) is 0 Å². The molecule has 1 aromatic rings. The summed E-state index contributed by atoms with van der Waals surface area (Å²) in [5, 5.41) is 0. The first kappa shape index (κ1) is 15.9. The maximum atomic E-state index is 13.2. The first-order valence-electron chi connectivity index (χ1n) is 6.93. The van der Waals surface area contributed by atoms with Crippen LogP contribution >= 0.6 is 0 Å². The Bertz CT molecular complexity index is 380. The van der Waals surface area contributed by atoms with E-state index in [0.717, 1.165) is 31.4 Å². The molecule has 0 aromatic heterocycles. The largest absolute Gasteiger partial charge is 0.488 e. The lowest BCUT2D eigenvalue weighted by molar-refractivity contribution is 0.269. The Morgan fingerprint density at radius 2 is 1.42 bits per heavy atom. The van der Waals surface area contributed by atoms with Crippen molar-refractivity contribution in [2.24, 2.45) is 0 Å². The van der Waals surface area contributed by atoms with Crippen molar-refractivity contribution >= 4 is 0 Å². The summed E-state index contributed by atoms with van der Waals surface area (Å²) in [6.45, 7) is 2.38. The number of unbranched alkanes of at least 4 members (excludes halogenated alkanes) is 6. The minimum Gasteiger partial charge on any atom is -0.488 e. The van der Waals surface area contributed by atoms with Crippen LogP contribution < -0.4 is 4.74 Å². The Labute approximate surface area is 112 Å². The molecule has 108 valence electrons. The molecule has 0 unspecified atom stereocenters. The molecule has 1 aromatic carbocycles. The molecule has 0 atom stereocenters. The van der Waals surface area contributed by atoms with Gasteiger partial charge in [-0.1, -0.05) is 45.4 Å². The Hall–Kier alpha value is -1.19. The quantitative estimate of drug-likeness (QED) is 0.442. The molecule has 1 rings (SSSR count). The highest BCUT2D eigenvalue weighted by molar-refractivity contribution is 5.27. The molecule has 0 fully saturated rings. The lowest BCUT2D eigenvalue weighted by atomic mass is 10.1. The van der Waals surface area contributed by atoms with Crippen LogP contribution in [0.4, 0.5) is 13.2 Å². The number of halogens is 3. The summed E-state index contributed by atoms with van der Waals surface area (Å²) in [7, 11) is 0. The lowest BCUT2D eigenvalue weighted by Crippen LogP contribution is -2.03.